The van der Waals surface area contributed by atoms with Crippen molar-refractivity contribution in [3.63, 3.8) is 0 Å². The molecule has 0 spiro atoms. The minimum atomic E-state index is -0.329. The number of fused-ring (bicyclic) bond motifs is 1. The number of hydrogen-bond donors (Lipinski definition) is 1. The first-order chi connectivity index (χ1) is 7.11. The minimum absolute atomic E-state index is 0.138. The zero-order chi connectivity index (χ0) is 11.0. The van der Waals surface area contributed by atoms with Crippen molar-refractivity contribution in [1.82, 2.24) is 4.90 Å². The summed E-state index contributed by atoms with van der Waals surface area (Å²) in [6.45, 7) is 4.87. The van der Waals surface area contributed by atoms with Crippen LogP contribution in [0.3, 0.4) is 0 Å². The molecule has 80 valence electrons. The van der Waals surface area contributed by atoms with Crippen LogP contribution in [0.25, 0.3) is 0 Å². The van der Waals surface area contributed by atoms with E-state index in [0.29, 0.717) is 12.5 Å². The summed E-state index contributed by atoms with van der Waals surface area (Å²) < 4.78 is 0. The lowest BCUT2D eigenvalue weighted by Gasteiger charge is -2.26. The Morgan fingerprint density at radius 3 is 2.73 bits per heavy atom. The number of amides is 2. The summed E-state index contributed by atoms with van der Waals surface area (Å²) in [5.41, 5.74) is 7.85. The lowest BCUT2D eigenvalue weighted by molar-refractivity contribution is 0.172. The number of nitrogens with two attached hydrogens (primary N) is 1. The fourth-order valence-corrected chi connectivity index (χ4v) is 2.35. The van der Waals surface area contributed by atoms with E-state index in [1.807, 2.05) is 12.1 Å². The molecule has 1 heterocycles. The summed E-state index contributed by atoms with van der Waals surface area (Å²) >= 11 is 0. The number of hydrogen-bond acceptors (Lipinski definition) is 1. The monoisotopic (exact) mass is 204 g/mol. The average Bonchev–Trinajstić information content (AvgIpc) is 2.56. The Morgan fingerprint density at radius 1 is 1.47 bits per heavy atom. The van der Waals surface area contributed by atoms with Gasteiger partial charge in [-0.05, 0) is 17.0 Å². The maximum absolute atomic E-state index is 11.3. The molecule has 0 radical (unpaired) electrons. The van der Waals surface area contributed by atoms with E-state index < -0.39 is 0 Å². The first-order valence-electron chi connectivity index (χ1n) is 5.25. The number of urea groups is 1. The minimum Gasteiger partial charge on any atom is -0.351 e. The highest BCUT2D eigenvalue weighted by Gasteiger charge is 2.33. The second-order valence-electron chi connectivity index (χ2n) is 4.35. The molecule has 1 unspecified atom stereocenters. The molecule has 1 aliphatic rings. The molecule has 0 aliphatic carbocycles. The number of benzene rings is 1. The van der Waals surface area contributed by atoms with E-state index in [1.54, 1.807) is 4.90 Å². The molecular weight excluding hydrogens is 188 g/mol. The SMILES string of the molecule is CC(C)C1c2ccccc2CN1C(N)=O. The molecule has 0 saturated heterocycles. The zero-order valence-corrected chi connectivity index (χ0v) is 9.10. The van der Waals surface area contributed by atoms with Crippen LogP contribution in [0.1, 0.15) is 31.0 Å². The lowest BCUT2D eigenvalue weighted by Crippen LogP contribution is -2.36. The highest BCUT2D eigenvalue weighted by Crippen LogP contribution is 2.37. The Bertz CT molecular complexity index is 387. The molecule has 1 aromatic carbocycles. The highest BCUT2D eigenvalue weighted by molar-refractivity contribution is 5.73. The zero-order valence-electron chi connectivity index (χ0n) is 9.10. The maximum Gasteiger partial charge on any atom is 0.315 e. The van der Waals surface area contributed by atoms with Gasteiger partial charge < -0.3 is 10.6 Å². The van der Waals surface area contributed by atoms with Crippen LogP contribution in [0, 0.1) is 5.92 Å². The molecule has 1 aromatic rings. The van der Waals surface area contributed by atoms with Gasteiger partial charge in [0, 0.05) is 6.54 Å². The van der Waals surface area contributed by atoms with Crippen LogP contribution in [0.4, 0.5) is 4.79 Å². The summed E-state index contributed by atoms with van der Waals surface area (Å²) in [7, 11) is 0. The van der Waals surface area contributed by atoms with Crippen LogP contribution in [-0.2, 0) is 6.54 Å². The molecular formula is C12H16N2O. The first-order valence-corrected chi connectivity index (χ1v) is 5.25. The number of carbonyl (C=O) groups excluding carboxylic acids is 1. The van der Waals surface area contributed by atoms with Crippen molar-refractivity contribution in [3.8, 4) is 0 Å². The quantitative estimate of drug-likeness (QED) is 0.749. The molecule has 0 fully saturated rings. The van der Waals surface area contributed by atoms with Gasteiger partial charge in [0.2, 0.25) is 0 Å². The third-order valence-corrected chi connectivity index (χ3v) is 2.96. The molecule has 15 heavy (non-hydrogen) atoms. The highest BCUT2D eigenvalue weighted by atomic mass is 16.2. The van der Waals surface area contributed by atoms with Crippen molar-refractivity contribution in [3.05, 3.63) is 35.4 Å². The predicted octanol–water partition coefficient (Wildman–Crippen LogP) is 2.28. The third kappa shape index (κ3) is 1.58. The van der Waals surface area contributed by atoms with Crippen LogP contribution in [0.15, 0.2) is 24.3 Å². The van der Waals surface area contributed by atoms with Gasteiger partial charge in [-0.25, -0.2) is 4.79 Å². The molecule has 3 heteroatoms. The summed E-state index contributed by atoms with van der Waals surface area (Å²) in [6, 6.07) is 7.97. The van der Waals surface area contributed by atoms with E-state index in [-0.39, 0.29) is 12.1 Å². The second-order valence-corrected chi connectivity index (χ2v) is 4.35. The smallest absolute Gasteiger partial charge is 0.315 e. The lowest BCUT2D eigenvalue weighted by atomic mass is 9.96. The molecule has 1 aliphatic heterocycles. The van der Waals surface area contributed by atoms with Crippen LogP contribution in [0.2, 0.25) is 0 Å². The molecule has 3 nitrogen and oxygen atoms in total. The van der Waals surface area contributed by atoms with Gasteiger partial charge in [-0.3, -0.25) is 0 Å². The topological polar surface area (TPSA) is 46.3 Å². The van der Waals surface area contributed by atoms with Crippen LogP contribution >= 0.6 is 0 Å². The predicted molar refractivity (Wildman–Crippen MR) is 59.1 cm³/mol. The van der Waals surface area contributed by atoms with E-state index in [0.717, 1.165) is 0 Å². The Kier molecular flexibility index (Phi) is 2.39. The fraction of sp³-hybridized carbons (Fsp3) is 0.417. The van der Waals surface area contributed by atoms with Crippen molar-refractivity contribution < 1.29 is 4.79 Å². The molecule has 0 saturated carbocycles. The molecule has 2 rings (SSSR count). The summed E-state index contributed by atoms with van der Waals surface area (Å²) in [6.07, 6.45) is 0. The summed E-state index contributed by atoms with van der Waals surface area (Å²) in [5.74, 6) is 0.390. The molecule has 2 N–H and O–H groups in total. The molecule has 0 bridgehead atoms. The van der Waals surface area contributed by atoms with Crippen molar-refractivity contribution in [2.75, 3.05) is 0 Å². The van der Waals surface area contributed by atoms with Crippen molar-refractivity contribution in [2.45, 2.75) is 26.4 Å². The van der Waals surface area contributed by atoms with E-state index >= 15 is 0 Å². The maximum atomic E-state index is 11.3. The van der Waals surface area contributed by atoms with Crippen LogP contribution in [0.5, 0.6) is 0 Å². The standard InChI is InChI=1S/C12H16N2O/c1-8(2)11-10-6-4-3-5-9(10)7-14(11)12(13)15/h3-6,8,11H,7H2,1-2H3,(H2,13,15). The van der Waals surface area contributed by atoms with Crippen LogP contribution < -0.4 is 5.73 Å². The number of nitrogens with zero attached hydrogens (tertiary/aromatic N) is 1. The third-order valence-electron chi connectivity index (χ3n) is 2.96. The summed E-state index contributed by atoms with van der Waals surface area (Å²) in [5, 5.41) is 0. The number of carbonyl (C=O) groups is 1. The summed E-state index contributed by atoms with van der Waals surface area (Å²) in [4.78, 5) is 13.1. The van der Waals surface area contributed by atoms with E-state index in [4.69, 9.17) is 5.73 Å². The van der Waals surface area contributed by atoms with Gasteiger partial charge in [-0.15, -0.1) is 0 Å². The van der Waals surface area contributed by atoms with E-state index in [1.165, 1.54) is 11.1 Å². The Labute approximate surface area is 89.9 Å². The van der Waals surface area contributed by atoms with Gasteiger partial charge in [0.1, 0.15) is 0 Å². The van der Waals surface area contributed by atoms with Gasteiger partial charge in [0.25, 0.3) is 0 Å². The first kappa shape index (κ1) is 10.0. The van der Waals surface area contributed by atoms with Crippen molar-refractivity contribution >= 4 is 6.03 Å². The number of primary amides is 1. The molecule has 0 aromatic heterocycles. The van der Waals surface area contributed by atoms with E-state index in [9.17, 15) is 4.79 Å². The van der Waals surface area contributed by atoms with Crippen molar-refractivity contribution in [2.24, 2.45) is 11.7 Å². The van der Waals surface area contributed by atoms with Crippen molar-refractivity contribution in [1.29, 1.82) is 0 Å². The van der Waals surface area contributed by atoms with E-state index in [2.05, 4.69) is 26.0 Å². The van der Waals surface area contributed by atoms with Gasteiger partial charge >= 0.3 is 6.03 Å². The van der Waals surface area contributed by atoms with Gasteiger partial charge in [0.15, 0.2) is 0 Å². The fourth-order valence-electron chi connectivity index (χ4n) is 2.35. The van der Waals surface area contributed by atoms with Crippen LogP contribution in [-0.4, -0.2) is 10.9 Å². The Hall–Kier alpha value is -1.51. The largest absolute Gasteiger partial charge is 0.351 e. The van der Waals surface area contributed by atoms with Gasteiger partial charge in [-0.2, -0.15) is 0 Å². The normalized spacial score (nSPS) is 19.4. The molecule has 1 atom stereocenters. The van der Waals surface area contributed by atoms with Gasteiger partial charge in [-0.1, -0.05) is 38.1 Å². The Balaban J connectivity index is 2.42. The number of rotatable bonds is 1. The Morgan fingerprint density at radius 2 is 2.13 bits per heavy atom. The second kappa shape index (κ2) is 3.57. The van der Waals surface area contributed by atoms with Gasteiger partial charge in [0.05, 0.1) is 6.04 Å². The average molecular weight is 204 g/mol. The molecule has 2 amide bonds.